The number of rotatable bonds is 5. The van der Waals surface area contributed by atoms with Crippen molar-refractivity contribution in [2.24, 2.45) is 5.92 Å². The molecule has 2 fully saturated rings. The summed E-state index contributed by atoms with van der Waals surface area (Å²) >= 11 is 0. The predicted molar refractivity (Wildman–Crippen MR) is 84.3 cm³/mol. The Labute approximate surface area is 128 Å². The van der Waals surface area contributed by atoms with Gasteiger partial charge in [-0.05, 0) is 39.8 Å². The second-order valence-corrected chi connectivity index (χ2v) is 6.68. The van der Waals surface area contributed by atoms with Crippen molar-refractivity contribution in [1.29, 1.82) is 0 Å². The van der Waals surface area contributed by atoms with Crippen LogP contribution in [0.15, 0.2) is 0 Å². The number of carbonyl (C=O) groups excluding carboxylic acids is 1. The molecule has 0 radical (unpaired) electrons. The minimum absolute atomic E-state index is 0.0498. The molecule has 1 aliphatic heterocycles. The number of ether oxygens (including phenoxy) is 1. The van der Waals surface area contributed by atoms with Crippen LogP contribution in [-0.4, -0.2) is 62.8 Å². The normalized spacial score (nSPS) is 29.3. The summed E-state index contributed by atoms with van der Waals surface area (Å²) < 4.78 is 5.55. The molecular formula is C16H31N3O2. The molecule has 0 aromatic heterocycles. The fraction of sp³-hybridized carbons (Fsp3) is 0.938. The Balaban J connectivity index is 1.84. The fourth-order valence-electron chi connectivity index (χ4n) is 3.63. The number of morpholine rings is 1. The Morgan fingerprint density at radius 3 is 2.67 bits per heavy atom. The van der Waals surface area contributed by atoms with Crippen LogP contribution in [0.5, 0.6) is 0 Å². The summed E-state index contributed by atoms with van der Waals surface area (Å²) in [4.78, 5) is 14.6. The zero-order valence-corrected chi connectivity index (χ0v) is 13.7. The quantitative estimate of drug-likeness (QED) is 0.794. The topological polar surface area (TPSA) is 53.6 Å². The van der Waals surface area contributed by atoms with Crippen molar-refractivity contribution in [1.82, 2.24) is 15.5 Å². The first kappa shape index (κ1) is 16.7. The van der Waals surface area contributed by atoms with Gasteiger partial charge in [0.1, 0.15) is 6.04 Å². The maximum Gasteiger partial charge on any atom is 0.239 e. The van der Waals surface area contributed by atoms with Gasteiger partial charge in [0.05, 0.1) is 12.7 Å². The fourth-order valence-corrected chi connectivity index (χ4v) is 3.63. The standard InChI is InChI=1S/C16H31N3O2/c1-12-15(17-9-10-21-12)16(20)18-11-14(19(2)3)13-7-5-4-6-8-13/h12-15,17H,4-11H2,1-3H3,(H,18,20)/t12-,14?,15+/m1/s1. The van der Waals surface area contributed by atoms with Gasteiger partial charge in [0.25, 0.3) is 0 Å². The van der Waals surface area contributed by atoms with Crippen molar-refractivity contribution in [2.45, 2.75) is 57.2 Å². The van der Waals surface area contributed by atoms with Gasteiger partial charge < -0.3 is 20.3 Å². The lowest BCUT2D eigenvalue weighted by Crippen LogP contribution is -2.57. The number of carbonyl (C=O) groups is 1. The van der Waals surface area contributed by atoms with Crippen LogP contribution < -0.4 is 10.6 Å². The van der Waals surface area contributed by atoms with Crippen LogP contribution in [0, 0.1) is 5.92 Å². The SMILES string of the molecule is C[C@H]1OCCN[C@@H]1C(=O)NCC(C1CCCCC1)N(C)C. The third-order valence-electron chi connectivity index (χ3n) is 4.94. The van der Waals surface area contributed by atoms with E-state index in [4.69, 9.17) is 4.74 Å². The number of nitrogens with zero attached hydrogens (tertiary/aromatic N) is 1. The van der Waals surface area contributed by atoms with Gasteiger partial charge in [-0.15, -0.1) is 0 Å². The lowest BCUT2D eigenvalue weighted by molar-refractivity contribution is -0.129. The molecule has 2 N–H and O–H groups in total. The van der Waals surface area contributed by atoms with E-state index in [1.54, 1.807) is 0 Å². The van der Waals surface area contributed by atoms with E-state index in [9.17, 15) is 4.79 Å². The average Bonchev–Trinajstić information content (AvgIpc) is 2.48. The van der Waals surface area contributed by atoms with E-state index < -0.39 is 0 Å². The monoisotopic (exact) mass is 297 g/mol. The van der Waals surface area contributed by atoms with Crippen molar-refractivity contribution in [3.8, 4) is 0 Å². The first-order valence-corrected chi connectivity index (χ1v) is 8.38. The van der Waals surface area contributed by atoms with Gasteiger partial charge in [-0.2, -0.15) is 0 Å². The maximum atomic E-state index is 12.3. The van der Waals surface area contributed by atoms with Crippen LogP contribution in [0.2, 0.25) is 0 Å². The molecule has 1 saturated heterocycles. The number of hydrogen-bond acceptors (Lipinski definition) is 4. The molecule has 1 amide bonds. The highest BCUT2D eigenvalue weighted by atomic mass is 16.5. The first-order valence-electron chi connectivity index (χ1n) is 8.38. The molecule has 1 unspecified atom stereocenters. The summed E-state index contributed by atoms with van der Waals surface area (Å²) in [7, 11) is 4.24. The summed E-state index contributed by atoms with van der Waals surface area (Å²) in [6, 6.07) is 0.224. The summed E-state index contributed by atoms with van der Waals surface area (Å²) in [6.07, 6.45) is 6.56. The van der Waals surface area contributed by atoms with Crippen LogP contribution in [0.1, 0.15) is 39.0 Å². The van der Waals surface area contributed by atoms with Gasteiger partial charge in [0, 0.05) is 19.1 Å². The van der Waals surface area contributed by atoms with E-state index in [1.807, 2.05) is 6.92 Å². The molecule has 0 bridgehead atoms. The second kappa shape index (κ2) is 8.11. The third kappa shape index (κ3) is 4.66. The van der Waals surface area contributed by atoms with E-state index >= 15 is 0 Å². The van der Waals surface area contributed by atoms with Crippen LogP contribution in [0.3, 0.4) is 0 Å². The molecule has 0 aromatic rings. The van der Waals surface area contributed by atoms with E-state index in [1.165, 1.54) is 32.1 Å². The van der Waals surface area contributed by atoms with Crippen LogP contribution in [-0.2, 0) is 9.53 Å². The Morgan fingerprint density at radius 1 is 1.33 bits per heavy atom. The Bertz CT molecular complexity index is 329. The van der Waals surface area contributed by atoms with Gasteiger partial charge in [-0.1, -0.05) is 19.3 Å². The zero-order chi connectivity index (χ0) is 15.2. The van der Waals surface area contributed by atoms with Crippen molar-refractivity contribution in [3.63, 3.8) is 0 Å². The highest BCUT2D eigenvalue weighted by Gasteiger charge is 2.30. The first-order chi connectivity index (χ1) is 10.1. The molecule has 21 heavy (non-hydrogen) atoms. The molecule has 5 nitrogen and oxygen atoms in total. The molecule has 2 aliphatic rings. The molecular weight excluding hydrogens is 266 g/mol. The van der Waals surface area contributed by atoms with Crippen LogP contribution in [0.4, 0.5) is 0 Å². The molecule has 1 heterocycles. The molecule has 0 spiro atoms. The van der Waals surface area contributed by atoms with Gasteiger partial charge in [-0.25, -0.2) is 0 Å². The number of nitrogens with one attached hydrogen (secondary N) is 2. The molecule has 0 aromatic carbocycles. The zero-order valence-electron chi connectivity index (χ0n) is 13.7. The van der Waals surface area contributed by atoms with Crippen molar-refractivity contribution >= 4 is 5.91 Å². The molecule has 2 rings (SSSR count). The van der Waals surface area contributed by atoms with Crippen LogP contribution >= 0.6 is 0 Å². The number of likely N-dealkylation sites (N-methyl/N-ethyl adjacent to an activating group) is 1. The maximum absolute atomic E-state index is 12.3. The molecule has 1 aliphatic carbocycles. The average molecular weight is 297 g/mol. The summed E-state index contributed by atoms with van der Waals surface area (Å²) in [5, 5.41) is 6.39. The minimum atomic E-state index is -0.215. The highest BCUT2D eigenvalue weighted by Crippen LogP contribution is 2.28. The lowest BCUT2D eigenvalue weighted by atomic mass is 9.83. The number of hydrogen-bond donors (Lipinski definition) is 2. The Kier molecular flexibility index (Phi) is 6.45. The third-order valence-corrected chi connectivity index (χ3v) is 4.94. The molecule has 122 valence electrons. The van der Waals surface area contributed by atoms with E-state index in [2.05, 4.69) is 29.6 Å². The van der Waals surface area contributed by atoms with Crippen molar-refractivity contribution < 1.29 is 9.53 Å². The van der Waals surface area contributed by atoms with Gasteiger partial charge >= 0.3 is 0 Å². The molecule has 1 saturated carbocycles. The van der Waals surface area contributed by atoms with E-state index in [0.29, 0.717) is 18.6 Å². The summed E-state index contributed by atoms with van der Waals surface area (Å²) in [5.41, 5.74) is 0. The second-order valence-electron chi connectivity index (χ2n) is 6.68. The van der Waals surface area contributed by atoms with Crippen molar-refractivity contribution in [2.75, 3.05) is 33.8 Å². The van der Waals surface area contributed by atoms with Gasteiger partial charge in [0.15, 0.2) is 0 Å². The van der Waals surface area contributed by atoms with Crippen molar-refractivity contribution in [3.05, 3.63) is 0 Å². The van der Waals surface area contributed by atoms with Gasteiger partial charge in [0.2, 0.25) is 5.91 Å². The molecule has 3 atom stereocenters. The van der Waals surface area contributed by atoms with Crippen LogP contribution in [0.25, 0.3) is 0 Å². The van der Waals surface area contributed by atoms with E-state index in [0.717, 1.165) is 13.1 Å². The Hall–Kier alpha value is -0.650. The minimum Gasteiger partial charge on any atom is -0.375 e. The van der Waals surface area contributed by atoms with Gasteiger partial charge in [-0.3, -0.25) is 4.79 Å². The van der Waals surface area contributed by atoms with E-state index in [-0.39, 0.29) is 18.1 Å². The summed E-state index contributed by atoms with van der Waals surface area (Å²) in [6.45, 7) is 4.14. The predicted octanol–water partition coefficient (Wildman–Crippen LogP) is 0.990. The summed E-state index contributed by atoms with van der Waals surface area (Å²) in [5.74, 6) is 0.784. The number of amides is 1. The largest absolute Gasteiger partial charge is 0.375 e. The smallest absolute Gasteiger partial charge is 0.239 e. The lowest BCUT2D eigenvalue weighted by Gasteiger charge is -2.36. The Morgan fingerprint density at radius 2 is 2.05 bits per heavy atom. The highest BCUT2D eigenvalue weighted by molar-refractivity contribution is 5.82. The molecule has 5 heteroatoms.